The molecule has 0 aliphatic heterocycles. The highest BCUT2D eigenvalue weighted by molar-refractivity contribution is 5.86. The van der Waals surface area contributed by atoms with Crippen LogP contribution in [-0.2, 0) is 6.61 Å². The molecule has 1 heterocycles. The quantitative estimate of drug-likeness (QED) is 0.815. The van der Waals surface area contributed by atoms with Crippen LogP contribution >= 0.6 is 49.6 Å². The molecule has 5 nitrogen and oxygen atoms in total. The Morgan fingerprint density at radius 1 is 1.21 bits per heavy atom. The zero-order valence-electron chi connectivity index (χ0n) is 7.22. The molecule has 9 heteroatoms. The normalized spacial score (nSPS) is 5.57. The van der Waals surface area contributed by atoms with Gasteiger partial charge >= 0.3 is 0 Å². The van der Waals surface area contributed by atoms with Gasteiger partial charge in [-0.3, -0.25) is 0 Å². The van der Waals surface area contributed by atoms with E-state index < -0.39 is 0 Å². The van der Waals surface area contributed by atoms with Crippen molar-refractivity contribution in [2.45, 2.75) is 13.5 Å². The van der Waals surface area contributed by atoms with Gasteiger partial charge in [0.25, 0.3) is 0 Å². The van der Waals surface area contributed by atoms with Crippen molar-refractivity contribution in [2.75, 3.05) is 0 Å². The average molecular weight is 295 g/mol. The Bertz CT molecular complexity index is 186. The van der Waals surface area contributed by atoms with Crippen molar-refractivity contribution < 1.29 is 20.5 Å². The molecule has 14 heavy (non-hydrogen) atoms. The largest absolute Gasteiger partial charge is 0.446 e. The Morgan fingerprint density at radius 2 is 1.64 bits per heavy atom. The standard InChI is InChI=1S/C5H7NO2.4ClH.2H2O/c1-4-3-8-5(2-7)6-4;;;;;;/h3,7H,2H2,1H3;4*1H;2*1H2. The van der Waals surface area contributed by atoms with E-state index in [1.54, 1.807) is 0 Å². The molecule has 0 fully saturated rings. The highest BCUT2D eigenvalue weighted by atomic mass is 35.5. The van der Waals surface area contributed by atoms with Gasteiger partial charge in [-0.15, -0.1) is 49.6 Å². The van der Waals surface area contributed by atoms with E-state index in [0.717, 1.165) is 5.69 Å². The van der Waals surface area contributed by atoms with Crippen molar-refractivity contribution in [1.29, 1.82) is 0 Å². The molecule has 0 aliphatic rings. The summed E-state index contributed by atoms with van der Waals surface area (Å²) in [6.07, 6.45) is 1.51. The molecule has 0 radical (unpaired) electrons. The van der Waals surface area contributed by atoms with E-state index in [9.17, 15) is 0 Å². The van der Waals surface area contributed by atoms with Crippen LogP contribution in [0, 0.1) is 6.92 Å². The lowest BCUT2D eigenvalue weighted by atomic mass is 10.6. The Kier molecular flexibility index (Phi) is 49.7. The maximum Gasteiger partial charge on any atom is 0.219 e. The second-order valence-electron chi connectivity index (χ2n) is 1.54. The van der Waals surface area contributed by atoms with Gasteiger partial charge in [-0.25, -0.2) is 4.98 Å². The first-order chi connectivity index (χ1) is 3.83. The molecule has 0 amide bonds. The lowest BCUT2D eigenvalue weighted by Gasteiger charge is -1.78. The summed E-state index contributed by atoms with van der Waals surface area (Å²) in [6, 6.07) is 0. The first kappa shape index (κ1) is 36.8. The molecule has 5 N–H and O–H groups in total. The van der Waals surface area contributed by atoms with Crippen molar-refractivity contribution in [2.24, 2.45) is 0 Å². The van der Waals surface area contributed by atoms with Crippen LogP contribution in [0.4, 0.5) is 0 Å². The number of hydrogen-bond donors (Lipinski definition) is 1. The van der Waals surface area contributed by atoms with Gasteiger partial charge < -0.3 is 20.5 Å². The molecular formula is C5H15Cl4NO4. The molecular weight excluding hydrogens is 280 g/mol. The third kappa shape index (κ3) is 12.2. The Labute approximate surface area is 107 Å². The third-order valence-electron chi connectivity index (χ3n) is 0.802. The number of hydrogen-bond acceptors (Lipinski definition) is 3. The van der Waals surface area contributed by atoms with Gasteiger partial charge in [0.15, 0.2) is 0 Å². The monoisotopic (exact) mass is 293 g/mol. The molecule has 0 aliphatic carbocycles. The van der Waals surface area contributed by atoms with Crippen molar-refractivity contribution >= 4 is 49.6 Å². The fourth-order valence-corrected chi connectivity index (χ4v) is 0.475. The fourth-order valence-electron chi connectivity index (χ4n) is 0.475. The zero-order valence-corrected chi connectivity index (χ0v) is 10.5. The van der Waals surface area contributed by atoms with E-state index in [-0.39, 0.29) is 67.2 Å². The van der Waals surface area contributed by atoms with Gasteiger partial charge in [0.2, 0.25) is 5.89 Å². The molecule has 92 valence electrons. The summed E-state index contributed by atoms with van der Waals surface area (Å²) in [5, 5.41) is 8.39. The Hall–Kier alpha value is 0.250. The molecule has 0 spiro atoms. The molecule has 0 saturated carbocycles. The second-order valence-corrected chi connectivity index (χ2v) is 1.54. The van der Waals surface area contributed by atoms with Gasteiger partial charge in [0.1, 0.15) is 12.9 Å². The summed E-state index contributed by atoms with van der Waals surface area (Å²) < 4.78 is 4.75. The van der Waals surface area contributed by atoms with Crippen LogP contribution in [0.1, 0.15) is 11.6 Å². The smallest absolute Gasteiger partial charge is 0.219 e. The van der Waals surface area contributed by atoms with Gasteiger partial charge in [-0.1, -0.05) is 0 Å². The minimum Gasteiger partial charge on any atom is -0.446 e. The summed E-state index contributed by atoms with van der Waals surface area (Å²) in [6.45, 7) is 1.69. The van der Waals surface area contributed by atoms with Crippen LogP contribution < -0.4 is 0 Å². The van der Waals surface area contributed by atoms with E-state index in [2.05, 4.69) is 4.98 Å². The molecule has 0 saturated heterocycles. The molecule has 0 atom stereocenters. The topological polar surface area (TPSA) is 109 Å². The highest BCUT2D eigenvalue weighted by Gasteiger charge is 1.94. The van der Waals surface area contributed by atoms with Crippen LogP contribution in [0.5, 0.6) is 0 Å². The van der Waals surface area contributed by atoms with Gasteiger partial charge in [-0.05, 0) is 6.92 Å². The number of aryl methyl sites for hydroxylation is 1. The lowest BCUT2D eigenvalue weighted by Crippen LogP contribution is -1.80. The maximum absolute atomic E-state index is 8.39. The summed E-state index contributed by atoms with van der Waals surface area (Å²) in [4.78, 5) is 3.81. The first-order valence-electron chi connectivity index (χ1n) is 2.35. The molecule has 1 rings (SSSR count). The lowest BCUT2D eigenvalue weighted by molar-refractivity contribution is 0.240. The van der Waals surface area contributed by atoms with E-state index >= 15 is 0 Å². The van der Waals surface area contributed by atoms with Crippen LogP contribution in [0.3, 0.4) is 0 Å². The van der Waals surface area contributed by atoms with Crippen molar-refractivity contribution in [3.8, 4) is 0 Å². The minimum absolute atomic E-state index is 0. The van der Waals surface area contributed by atoms with E-state index in [1.807, 2.05) is 6.92 Å². The Morgan fingerprint density at radius 3 is 1.79 bits per heavy atom. The zero-order chi connectivity index (χ0) is 5.98. The number of halogens is 4. The predicted molar refractivity (Wildman–Crippen MR) is 63.4 cm³/mol. The summed E-state index contributed by atoms with van der Waals surface area (Å²) in [5.41, 5.74) is 0.800. The molecule has 0 unspecified atom stereocenters. The Balaban J connectivity index is -0.0000000267. The maximum atomic E-state index is 8.39. The SMILES string of the molecule is Cc1coc(CO)n1.Cl.Cl.Cl.Cl.O.O. The average Bonchev–Trinajstić information content (AvgIpc) is 2.14. The van der Waals surface area contributed by atoms with Crippen molar-refractivity contribution in [1.82, 2.24) is 4.98 Å². The van der Waals surface area contributed by atoms with Crippen LogP contribution in [0.15, 0.2) is 10.7 Å². The van der Waals surface area contributed by atoms with Crippen LogP contribution in [0.25, 0.3) is 0 Å². The second kappa shape index (κ2) is 18.9. The number of aromatic nitrogens is 1. The number of rotatable bonds is 1. The predicted octanol–water partition coefficient (Wildman–Crippen LogP) is 0.513. The van der Waals surface area contributed by atoms with Gasteiger partial charge in [-0.2, -0.15) is 0 Å². The third-order valence-corrected chi connectivity index (χ3v) is 0.802. The summed E-state index contributed by atoms with van der Waals surface area (Å²) >= 11 is 0. The number of aliphatic hydroxyl groups excluding tert-OH is 1. The molecule has 1 aromatic rings. The van der Waals surface area contributed by atoms with E-state index in [1.165, 1.54) is 6.26 Å². The minimum atomic E-state index is -0.117. The van der Waals surface area contributed by atoms with Crippen molar-refractivity contribution in [3.05, 3.63) is 17.8 Å². The summed E-state index contributed by atoms with van der Waals surface area (Å²) in [5.74, 6) is 0.377. The summed E-state index contributed by atoms with van der Waals surface area (Å²) in [7, 11) is 0. The highest BCUT2D eigenvalue weighted by Crippen LogP contribution is 1.97. The van der Waals surface area contributed by atoms with Crippen LogP contribution in [-0.4, -0.2) is 21.0 Å². The number of aliphatic hydroxyl groups is 1. The molecule has 0 bridgehead atoms. The molecule has 1 aromatic heterocycles. The van der Waals surface area contributed by atoms with Gasteiger partial charge in [0, 0.05) is 0 Å². The number of nitrogens with zero attached hydrogens (tertiary/aromatic N) is 1. The fraction of sp³-hybridized carbons (Fsp3) is 0.400. The van der Waals surface area contributed by atoms with Crippen LogP contribution in [0.2, 0.25) is 0 Å². The molecule has 0 aromatic carbocycles. The van der Waals surface area contributed by atoms with E-state index in [4.69, 9.17) is 9.52 Å². The van der Waals surface area contributed by atoms with Gasteiger partial charge in [0.05, 0.1) is 5.69 Å². The van der Waals surface area contributed by atoms with Crippen molar-refractivity contribution in [3.63, 3.8) is 0 Å². The first-order valence-corrected chi connectivity index (χ1v) is 2.35. The van der Waals surface area contributed by atoms with E-state index in [0.29, 0.717) is 5.89 Å². The number of oxazole rings is 1.